The van der Waals surface area contributed by atoms with Crippen LogP contribution < -0.4 is 9.47 Å². The molecular weight excluding hydrogens is 324 g/mol. The fraction of sp³-hybridized carbons (Fsp3) is 0.444. The van der Waals surface area contributed by atoms with Crippen LogP contribution in [0.5, 0.6) is 11.5 Å². The van der Waals surface area contributed by atoms with Crippen LogP contribution in [0, 0.1) is 5.92 Å². The van der Waals surface area contributed by atoms with E-state index in [1.165, 1.54) is 0 Å². The third-order valence-electron chi connectivity index (χ3n) is 4.65. The number of ether oxygens (including phenoxy) is 2. The molecular formula is C18H20N2O3S. The number of thiazole rings is 1. The fourth-order valence-electron chi connectivity index (χ4n) is 3.33. The molecule has 0 spiro atoms. The molecule has 0 amide bonds. The highest BCUT2D eigenvalue weighted by Crippen LogP contribution is 2.32. The van der Waals surface area contributed by atoms with Gasteiger partial charge in [0.25, 0.3) is 0 Å². The minimum absolute atomic E-state index is 0.0965. The molecule has 0 atom stereocenters. The monoisotopic (exact) mass is 344 g/mol. The Bertz CT molecular complexity index is 709. The lowest BCUT2D eigenvalue weighted by Crippen LogP contribution is -2.36. The highest BCUT2D eigenvalue weighted by atomic mass is 32.1. The van der Waals surface area contributed by atoms with Gasteiger partial charge in [-0.15, -0.1) is 11.3 Å². The summed E-state index contributed by atoms with van der Waals surface area (Å²) >= 11 is 1.63. The number of aromatic nitrogens is 1. The Hall–Kier alpha value is -1.92. The summed E-state index contributed by atoms with van der Waals surface area (Å²) in [6, 6.07) is 5.54. The molecule has 126 valence electrons. The van der Waals surface area contributed by atoms with Gasteiger partial charge in [-0.25, -0.2) is 4.98 Å². The SMILES string of the molecule is O=C(c1ccc2c(c1)OCCO2)C1CCN(Cc2cscn2)CC1. The summed E-state index contributed by atoms with van der Waals surface area (Å²) in [7, 11) is 0. The van der Waals surface area contributed by atoms with Crippen LogP contribution in [-0.4, -0.2) is 42.0 Å². The molecule has 0 bridgehead atoms. The van der Waals surface area contributed by atoms with Crippen LogP contribution in [0.1, 0.15) is 28.9 Å². The van der Waals surface area contributed by atoms with Crippen molar-refractivity contribution < 1.29 is 14.3 Å². The average Bonchev–Trinajstić information content (AvgIpc) is 3.14. The van der Waals surface area contributed by atoms with E-state index in [1.54, 1.807) is 11.3 Å². The first-order valence-electron chi connectivity index (χ1n) is 8.33. The molecule has 0 N–H and O–H groups in total. The molecule has 24 heavy (non-hydrogen) atoms. The number of nitrogens with zero attached hydrogens (tertiary/aromatic N) is 2. The van der Waals surface area contributed by atoms with Crippen LogP contribution in [0.15, 0.2) is 29.1 Å². The summed E-state index contributed by atoms with van der Waals surface area (Å²) in [5.41, 5.74) is 3.72. The fourth-order valence-corrected chi connectivity index (χ4v) is 3.88. The van der Waals surface area contributed by atoms with Gasteiger partial charge in [-0.05, 0) is 44.1 Å². The Labute approximate surface area is 145 Å². The lowest BCUT2D eigenvalue weighted by molar-refractivity contribution is 0.0833. The molecule has 2 aliphatic rings. The first kappa shape index (κ1) is 15.6. The molecule has 6 heteroatoms. The Balaban J connectivity index is 1.37. The molecule has 5 nitrogen and oxygen atoms in total. The van der Waals surface area contributed by atoms with E-state index < -0.39 is 0 Å². The Morgan fingerprint density at radius 2 is 2.00 bits per heavy atom. The molecule has 0 saturated carbocycles. The number of ketones is 1. The van der Waals surface area contributed by atoms with E-state index >= 15 is 0 Å². The molecule has 3 heterocycles. The molecule has 0 aliphatic carbocycles. The van der Waals surface area contributed by atoms with Gasteiger partial charge < -0.3 is 9.47 Å². The van der Waals surface area contributed by atoms with Crippen LogP contribution in [0.3, 0.4) is 0 Å². The van der Waals surface area contributed by atoms with Gasteiger partial charge in [0.2, 0.25) is 0 Å². The van der Waals surface area contributed by atoms with Crippen molar-refractivity contribution >= 4 is 17.1 Å². The van der Waals surface area contributed by atoms with Crippen molar-refractivity contribution in [1.29, 1.82) is 0 Å². The van der Waals surface area contributed by atoms with E-state index in [0.29, 0.717) is 19.0 Å². The molecule has 1 aromatic carbocycles. The minimum Gasteiger partial charge on any atom is -0.486 e. The number of fused-ring (bicyclic) bond motifs is 1. The second kappa shape index (κ2) is 6.91. The maximum absolute atomic E-state index is 12.8. The zero-order chi connectivity index (χ0) is 16.4. The van der Waals surface area contributed by atoms with Gasteiger partial charge in [-0.2, -0.15) is 0 Å². The quantitative estimate of drug-likeness (QED) is 0.798. The normalized spacial score (nSPS) is 18.5. The van der Waals surface area contributed by atoms with Crippen molar-refractivity contribution in [2.24, 2.45) is 5.92 Å². The molecule has 0 unspecified atom stereocenters. The number of likely N-dealkylation sites (tertiary alicyclic amines) is 1. The van der Waals surface area contributed by atoms with Crippen LogP contribution in [0.4, 0.5) is 0 Å². The molecule has 2 aliphatic heterocycles. The molecule has 0 radical (unpaired) electrons. The largest absolute Gasteiger partial charge is 0.486 e. The minimum atomic E-state index is 0.0965. The topological polar surface area (TPSA) is 51.7 Å². The summed E-state index contributed by atoms with van der Waals surface area (Å²) in [5, 5.41) is 2.09. The maximum Gasteiger partial charge on any atom is 0.166 e. The van der Waals surface area contributed by atoms with Gasteiger partial charge in [0, 0.05) is 23.4 Å². The molecule has 1 aromatic heterocycles. The highest BCUT2D eigenvalue weighted by molar-refractivity contribution is 7.07. The zero-order valence-electron chi connectivity index (χ0n) is 13.4. The molecule has 4 rings (SSSR count). The second-order valence-electron chi connectivity index (χ2n) is 6.25. The number of hydrogen-bond acceptors (Lipinski definition) is 6. The van der Waals surface area contributed by atoms with Crippen LogP contribution >= 0.6 is 11.3 Å². The molecule has 2 aromatic rings. The van der Waals surface area contributed by atoms with Crippen molar-refractivity contribution in [3.63, 3.8) is 0 Å². The van der Waals surface area contributed by atoms with Crippen LogP contribution in [0.25, 0.3) is 0 Å². The summed E-state index contributed by atoms with van der Waals surface area (Å²) in [5.74, 6) is 1.74. The predicted octanol–water partition coefficient (Wildman–Crippen LogP) is 3.01. The van der Waals surface area contributed by atoms with E-state index in [9.17, 15) is 4.79 Å². The first-order chi connectivity index (χ1) is 11.8. The smallest absolute Gasteiger partial charge is 0.166 e. The lowest BCUT2D eigenvalue weighted by Gasteiger charge is -2.30. The van der Waals surface area contributed by atoms with Crippen molar-refractivity contribution in [1.82, 2.24) is 9.88 Å². The molecule has 1 saturated heterocycles. The third kappa shape index (κ3) is 3.30. The summed E-state index contributed by atoms with van der Waals surface area (Å²) in [4.78, 5) is 19.5. The number of rotatable bonds is 4. The standard InChI is InChI=1S/C18H20N2O3S/c21-18(14-1-2-16-17(9-14)23-8-7-22-16)13-3-5-20(6-4-13)10-15-11-24-12-19-15/h1-2,9,11-13H,3-8,10H2. The zero-order valence-corrected chi connectivity index (χ0v) is 14.3. The number of piperidine rings is 1. The summed E-state index contributed by atoms with van der Waals surface area (Å²) < 4.78 is 11.1. The number of carbonyl (C=O) groups is 1. The van der Waals surface area contributed by atoms with Crippen LogP contribution in [0.2, 0.25) is 0 Å². The van der Waals surface area contributed by atoms with Crippen molar-refractivity contribution in [3.05, 3.63) is 40.3 Å². The number of Topliss-reactive ketones (excluding diaryl/α,β-unsaturated/α-hetero) is 1. The Kier molecular flexibility index (Phi) is 4.49. The molecule has 1 fully saturated rings. The van der Waals surface area contributed by atoms with Crippen molar-refractivity contribution in [2.45, 2.75) is 19.4 Å². The second-order valence-corrected chi connectivity index (χ2v) is 6.97. The Morgan fingerprint density at radius 3 is 2.75 bits per heavy atom. The first-order valence-corrected chi connectivity index (χ1v) is 9.27. The highest BCUT2D eigenvalue weighted by Gasteiger charge is 2.27. The van der Waals surface area contributed by atoms with E-state index in [1.807, 2.05) is 23.7 Å². The Morgan fingerprint density at radius 1 is 1.21 bits per heavy atom. The summed E-state index contributed by atoms with van der Waals surface area (Å²) in [6.45, 7) is 3.88. The van der Waals surface area contributed by atoms with E-state index in [-0.39, 0.29) is 11.7 Å². The van der Waals surface area contributed by atoms with Gasteiger partial charge in [0.05, 0.1) is 11.2 Å². The predicted molar refractivity (Wildman–Crippen MR) is 91.9 cm³/mol. The van der Waals surface area contributed by atoms with Crippen LogP contribution in [-0.2, 0) is 6.54 Å². The summed E-state index contributed by atoms with van der Waals surface area (Å²) in [6.07, 6.45) is 1.80. The van der Waals surface area contributed by atoms with Gasteiger partial charge in [-0.3, -0.25) is 9.69 Å². The van der Waals surface area contributed by atoms with Gasteiger partial charge in [0.15, 0.2) is 17.3 Å². The number of carbonyl (C=O) groups excluding carboxylic acids is 1. The van der Waals surface area contributed by atoms with Crippen molar-refractivity contribution in [2.75, 3.05) is 26.3 Å². The lowest BCUT2D eigenvalue weighted by atomic mass is 9.88. The third-order valence-corrected chi connectivity index (χ3v) is 5.29. The van der Waals surface area contributed by atoms with Gasteiger partial charge in [0.1, 0.15) is 13.2 Å². The number of hydrogen-bond donors (Lipinski definition) is 0. The van der Waals surface area contributed by atoms with Gasteiger partial charge in [-0.1, -0.05) is 0 Å². The van der Waals surface area contributed by atoms with Crippen molar-refractivity contribution in [3.8, 4) is 11.5 Å². The van der Waals surface area contributed by atoms with Gasteiger partial charge >= 0.3 is 0 Å². The average molecular weight is 344 g/mol. The van der Waals surface area contributed by atoms with E-state index in [0.717, 1.165) is 49.5 Å². The van der Waals surface area contributed by atoms with E-state index in [2.05, 4.69) is 15.3 Å². The van der Waals surface area contributed by atoms with E-state index in [4.69, 9.17) is 9.47 Å². The maximum atomic E-state index is 12.8. The number of benzene rings is 1.